The molecule has 0 aromatic carbocycles. The lowest BCUT2D eigenvalue weighted by molar-refractivity contribution is -0.123. The van der Waals surface area contributed by atoms with E-state index in [4.69, 9.17) is 10.2 Å². The van der Waals surface area contributed by atoms with Gasteiger partial charge in [0.2, 0.25) is 5.91 Å². The Morgan fingerprint density at radius 2 is 1.86 bits per heavy atom. The molecular formula is C16H34N2O2Si. The molecule has 1 atom stereocenters. The number of carbonyl (C=O) groups excluding carboxylic acids is 1. The number of primary amides is 1. The van der Waals surface area contributed by atoms with Crippen molar-refractivity contribution < 1.29 is 9.22 Å². The maximum Gasteiger partial charge on any atom is 0.220 e. The van der Waals surface area contributed by atoms with Crippen LogP contribution in [0.2, 0.25) is 18.1 Å². The summed E-state index contributed by atoms with van der Waals surface area (Å²) in [6, 6.07) is 0. The van der Waals surface area contributed by atoms with Crippen LogP contribution in [-0.2, 0) is 9.22 Å². The summed E-state index contributed by atoms with van der Waals surface area (Å²) >= 11 is 0. The Morgan fingerprint density at radius 3 is 2.29 bits per heavy atom. The van der Waals surface area contributed by atoms with Crippen LogP contribution in [0.15, 0.2) is 0 Å². The van der Waals surface area contributed by atoms with E-state index < -0.39 is 8.32 Å². The van der Waals surface area contributed by atoms with Crippen LogP contribution in [0.3, 0.4) is 0 Å². The maximum absolute atomic E-state index is 11.2. The van der Waals surface area contributed by atoms with Crippen LogP contribution in [0, 0.1) is 5.92 Å². The van der Waals surface area contributed by atoms with Gasteiger partial charge in [-0.25, -0.2) is 0 Å². The van der Waals surface area contributed by atoms with Gasteiger partial charge in [0.1, 0.15) is 0 Å². The molecule has 2 N–H and O–H groups in total. The zero-order valence-corrected chi connectivity index (χ0v) is 15.7. The molecule has 1 unspecified atom stereocenters. The van der Waals surface area contributed by atoms with E-state index in [-0.39, 0.29) is 16.9 Å². The fourth-order valence-corrected chi connectivity index (χ4v) is 4.02. The van der Waals surface area contributed by atoms with Crippen molar-refractivity contribution in [2.75, 3.05) is 19.6 Å². The monoisotopic (exact) mass is 314 g/mol. The predicted octanol–water partition coefficient (Wildman–Crippen LogP) is 2.98. The van der Waals surface area contributed by atoms with Gasteiger partial charge in [-0.15, -0.1) is 0 Å². The van der Waals surface area contributed by atoms with Gasteiger partial charge in [0.25, 0.3) is 0 Å². The molecule has 0 spiro atoms. The van der Waals surface area contributed by atoms with Crippen molar-refractivity contribution in [1.82, 2.24) is 4.90 Å². The molecule has 0 aliphatic carbocycles. The van der Waals surface area contributed by atoms with Gasteiger partial charge in [-0.1, -0.05) is 20.8 Å². The van der Waals surface area contributed by atoms with E-state index >= 15 is 0 Å². The van der Waals surface area contributed by atoms with Gasteiger partial charge in [-0.05, 0) is 57.4 Å². The van der Waals surface area contributed by atoms with Crippen LogP contribution in [0.4, 0.5) is 0 Å². The van der Waals surface area contributed by atoms with E-state index in [9.17, 15) is 4.79 Å². The Bertz CT molecular complexity index is 345. The number of carbonyl (C=O) groups is 1. The van der Waals surface area contributed by atoms with Crippen molar-refractivity contribution in [1.29, 1.82) is 0 Å². The van der Waals surface area contributed by atoms with Crippen molar-refractivity contribution in [2.45, 2.75) is 71.2 Å². The molecule has 1 amide bonds. The molecular weight excluding hydrogens is 280 g/mol. The normalized spacial score (nSPS) is 20.5. The Kier molecular flexibility index (Phi) is 6.44. The third kappa shape index (κ3) is 5.72. The molecule has 5 heteroatoms. The topological polar surface area (TPSA) is 55.6 Å². The van der Waals surface area contributed by atoms with Crippen molar-refractivity contribution >= 4 is 14.2 Å². The number of rotatable bonds is 6. The number of piperidine rings is 1. The Hall–Kier alpha value is -0.393. The minimum absolute atomic E-state index is 0.0853. The summed E-state index contributed by atoms with van der Waals surface area (Å²) in [7, 11) is -1.66. The molecule has 0 radical (unpaired) electrons. The van der Waals surface area contributed by atoms with Gasteiger partial charge in [0.15, 0.2) is 8.32 Å². The molecule has 0 bridgehead atoms. The summed E-state index contributed by atoms with van der Waals surface area (Å²) < 4.78 is 6.39. The Morgan fingerprint density at radius 1 is 1.33 bits per heavy atom. The Balaban J connectivity index is 2.31. The first kappa shape index (κ1) is 18.7. The lowest BCUT2D eigenvalue weighted by atomic mass is 9.96. The first-order valence-electron chi connectivity index (χ1n) is 8.22. The zero-order valence-electron chi connectivity index (χ0n) is 14.7. The van der Waals surface area contributed by atoms with Crippen LogP contribution in [0.25, 0.3) is 0 Å². The second-order valence-corrected chi connectivity index (χ2v) is 12.8. The third-order valence-corrected chi connectivity index (χ3v) is 9.75. The van der Waals surface area contributed by atoms with Gasteiger partial charge >= 0.3 is 0 Å². The summed E-state index contributed by atoms with van der Waals surface area (Å²) in [6.45, 7) is 16.7. The molecule has 4 nitrogen and oxygen atoms in total. The number of hydrogen-bond acceptors (Lipinski definition) is 3. The zero-order chi connectivity index (χ0) is 16.3. The second kappa shape index (κ2) is 7.25. The van der Waals surface area contributed by atoms with E-state index in [1.807, 2.05) is 0 Å². The van der Waals surface area contributed by atoms with Crippen LogP contribution >= 0.6 is 0 Å². The molecule has 1 saturated heterocycles. The largest absolute Gasteiger partial charge is 0.414 e. The summed E-state index contributed by atoms with van der Waals surface area (Å²) in [4.78, 5) is 13.6. The number of hydrogen-bond donors (Lipinski definition) is 1. The highest BCUT2D eigenvalue weighted by Gasteiger charge is 2.38. The first-order chi connectivity index (χ1) is 9.53. The standard InChI is InChI=1S/C16H34N2O2Si/c1-13(20-21(5,6)16(2,3)4)7-10-18-11-8-14(9-12-18)15(17)19/h13-14H,7-12H2,1-6H3,(H2,17,19). The van der Waals surface area contributed by atoms with E-state index in [0.29, 0.717) is 6.10 Å². The summed E-state index contributed by atoms with van der Waals surface area (Å²) in [6.07, 6.45) is 3.19. The molecule has 1 aliphatic rings. The van der Waals surface area contributed by atoms with Crippen molar-refractivity contribution in [3.8, 4) is 0 Å². The maximum atomic E-state index is 11.2. The number of amides is 1. The fourth-order valence-electron chi connectivity index (χ4n) is 2.54. The lowest BCUT2D eigenvalue weighted by Crippen LogP contribution is -2.44. The minimum atomic E-state index is -1.66. The quantitative estimate of drug-likeness (QED) is 0.767. The molecule has 0 aromatic rings. The third-order valence-electron chi connectivity index (χ3n) is 5.14. The highest BCUT2D eigenvalue weighted by molar-refractivity contribution is 6.74. The van der Waals surface area contributed by atoms with Crippen molar-refractivity contribution in [3.05, 3.63) is 0 Å². The second-order valence-electron chi connectivity index (χ2n) is 8.00. The molecule has 21 heavy (non-hydrogen) atoms. The van der Waals surface area contributed by atoms with Gasteiger partial charge < -0.3 is 15.1 Å². The van der Waals surface area contributed by atoms with Crippen LogP contribution in [0.1, 0.15) is 47.0 Å². The van der Waals surface area contributed by atoms with Gasteiger partial charge in [0, 0.05) is 18.6 Å². The van der Waals surface area contributed by atoms with E-state index in [0.717, 1.165) is 38.9 Å². The van der Waals surface area contributed by atoms with Crippen molar-refractivity contribution in [3.63, 3.8) is 0 Å². The van der Waals surface area contributed by atoms with Crippen LogP contribution in [0.5, 0.6) is 0 Å². The van der Waals surface area contributed by atoms with E-state index in [2.05, 4.69) is 45.7 Å². The van der Waals surface area contributed by atoms with Gasteiger partial charge in [0.05, 0.1) is 0 Å². The Labute approximate surface area is 131 Å². The summed E-state index contributed by atoms with van der Waals surface area (Å²) in [5, 5.41) is 0.265. The molecule has 1 heterocycles. The number of likely N-dealkylation sites (tertiary alicyclic amines) is 1. The molecule has 1 rings (SSSR count). The summed E-state index contributed by atoms with van der Waals surface area (Å²) in [5.74, 6) is -0.0496. The van der Waals surface area contributed by atoms with E-state index in [1.54, 1.807) is 0 Å². The average Bonchev–Trinajstić information content (AvgIpc) is 2.35. The fraction of sp³-hybridized carbons (Fsp3) is 0.938. The summed E-state index contributed by atoms with van der Waals surface area (Å²) in [5.41, 5.74) is 5.37. The lowest BCUT2D eigenvalue weighted by Gasteiger charge is -2.39. The smallest absolute Gasteiger partial charge is 0.220 e. The first-order valence-corrected chi connectivity index (χ1v) is 11.1. The SMILES string of the molecule is CC(CCN1CCC(C(N)=O)CC1)O[Si](C)(C)C(C)(C)C. The molecule has 0 aromatic heterocycles. The van der Waals surface area contributed by atoms with E-state index in [1.165, 1.54) is 0 Å². The predicted molar refractivity (Wildman–Crippen MR) is 90.7 cm³/mol. The van der Waals surface area contributed by atoms with Crippen LogP contribution in [-0.4, -0.2) is 44.9 Å². The molecule has 124 valence electrons. The molecule has 1 fully saturated rings. The van der Waals surface area contributed by atoms with Crippen LogP contribution < -0.4 is 5.73 Å². The van der Waals surface area contributed by atoms with Crippen molar-refractivity contribution in [2.24, 2.45) is 11.7 Å². The van der Waals surface area contributed by atoms with Gasteiger partial charge in [-0.2, -0.15) is 0 Å². The van der Waals surface area contributed by atoms with Gasteiger partial charge in [-0.3, -0.25) is 4.79 Å². The molecule has 0 saturated carbocycles. The number of nitrogens with zero attached hydrogens (tertiary/aromatic N) is 1. The molecule has 1 aliphatic heterocycles. The highest BCUT2D eigenvalue weighted by atomic mass is 28.4. The minimum Gasteiger partial charge on any atom is -0.414 e. The number of nitrogens with two attached hydrogens (primary N) is 1. The highest BCUT2D eigenvalue weighted by Crippen LogP contribution is 2.37. The average molecular weight is 315 g/mol.